The van der Waals surface area contributed by atoms with Crippen molar-refractivity contribution in [3.8, 4) is 11.1 Å². The van der Waals surface area contributed by atoms with Crippen molar-refractivity contribution >= 4 is 30.0 Å². The number of ether oxygens (including phenoxy) is 2. The number of rotatable bonds is 10. The van der Waals surface area contributed by atoms with Crippen LogP contribution in [0.5, 0.6) is 0 Å². The molecule has 0 radical (unpaired) electrons. The van der Waals surface area contributed by atoms with E-state index in [0.29, 0.717) is 19.9 Å². The van der Waals surface area contributed by atoms with Crippen molar-refractivity contribution in [2.45, 2.75) is 39.7 Å². The topological polar surface area (TPSA) is 61.6 Å². The van der Waals surface area contributed by atoms with E-state index in [0.717, 1.165) is 58.7 Å². The Morgan fingerprint density at radius 3 is 2.12 bits per heavy atom. The summed E-state index contributed by atoms with van der Waals surface area (Å²) < 4.78 is 12.5. The van der Waals surface area contributed by atoms with Crippen LogP contribution in [-0.4, -0.2) is 50.0 Å². The second-order valence-electron chi connectivity index (χ2n) is 9.48. The number of halogens is 3. The number of carbonyl (C=O) groups is 1. The molecule has 0 amide bonds. The van der Waals surface area contributed by atoms with E-state index in [1.807, 2.05) is 38.1 Å². The molecular weight excluding hydrogens is 495 g/mol. The molecule has 5 nitrogen and oxygen atoms in total. The standard InChI is InChI=1S/C26H36ClN2O3.2ClH/c1-26(2,19-28)25(30)32-20-29(14-4-3-5-15-29)16-17-31-18-21-6-8-22(9-7-21)23-10-12-24(27)13-11-23;;/h6-13H,3-5,14-20,28H2,1-2H3;2*1H/q+1;;/p-1. The molecule has 2 N–H and O–H groups in total. The molecule has 1 saturated heterocycles. The maximum absolute atomic E-state index is 12.4. The number of carbonyl (C=O) groups excluding carboxylic acids is 1. The van der Waals surface area contributed by atoms with Crippen molar-refractivity contribution in [1.29, 1.82) is 0 Å². The van der Waals surface area contributed by atoms with Gasteiger partial charge < -0.3 is 27.6 Å². The number of esters is 1. The van der Waals surface area contributed by atoms with Crippen LogP contribution < -0.4 is 18.1 Å². The summed E-state index contributed by atoms with van der Waals surface area (Å²) in [5.74, 6) is -0.218. The maximum Gasteiger partial charge on any atom is 0.317 e. The van der Waals surface area contributed by atoms with E-state index in [9.17, 15) is 4.79 Å². The van der Waals surface area contributed by atoms with Crippen LogP contribution in [-0.2, 0) is 20.9 Å². The molecule has 0 aromatic heterocycles. The number of benzene rings is 2. The summed E-state index contributed by atoms with van der Waals surface area (Å²) >= 11 is 5.98. The minimum absolute atomic E-state index is 0. The first kappa shape index (κ1) is 30.7. The van der Waals surface area contributed by atoms with Gasteiger partial charge in [0.15, 0.2) is 0 Å². The highest BCUT2D eigenvalue weighted by Crippen LogP contribution is 2.23. The molecule has 1 aliphatic heterocycles. The van der Waals surface area contributed by atoms with Crippen LogP contribution in [0.15, 0.2) is 48.5 Å². The largest absolute Gasteiger partial charge is 1.00 e. The van der Waals surface area contributed by atoms with Gasteiger partial charge in [-0.15, -0.1) is 12.4 Å². The number of hydrogen-bond acceptors (Lipinski definition) is 4. The van der Waals surface area contributed by atoms with Crippen LogP contribution in [0, 0.1) is 5.41 Å². The van der Waals surface area contributed by atoms with E-state index in [-0.39, 0.29) is 37.3 Å². The lowest BCUT2D eigenvalue weighted by molar-refractivity contribution is -0.948. The number of likely N-dealkylation sites (tertiary alicyclic amines) is 1. The Hall–Kier alpha value is -1.34. The third kappa shape index (κ3) is 8.71. The van der Waals surface area contributed by atoms with Crippen LogP contribution in [0.4, 0.5) is 0 Å². The van der Waals surface area contributed by atoms with Gasteiger partial charge in [0.2, 0.25) is 6.73 Å². The van der Waals surface area contributed by atoms with Crippen molar-refractivity contribution < 1.29 is 31.2 Å². The Morgan fingerprint density at radius 1 is 1.00 bits per heavy atom. The Balaban J connectivity index is 0.00000289. The quantitative estimate of drug-likeness (QED) is 0.291. The molecule has 190 valence electrons. The summed E-state index contributed by atoms with van der Waals surface area (Å²) in [5.41, 5.74) is 8.52. The summed E-state index contributed by atoms with van der Waals surface area (Å²) in [7, 11) is 0. The second-order valence-corrected chi connectivity index (χ2v) is 9.91. The van der Waals surface area contributed by atoms with Gasteiger partial charge in [0, 0.05) is 11.6 Å². The van der Waals surface area contributed by atoms with Gasteiger partial charge in [0.1, 0.15) is 6.54 Å². The summed E-state index contributed by atoms with van der Waals surface area (Å²) in [6.45, 7) is 8.45. The van der Waals surface area contributed by atoms with Gasteiger partial charge in [-0.3, -0.25) is 9.28 Å². The molecule has 3 rings (SSSR count). The van der Waals surface area contributed by atoms with E-state index >= 15 is 0 Å². The van der Waals surface area contributed by atoms with Gasteiger partial charge >= 0.3 is 5.97 Å². The molecule has 2 aromatic rings. The van der Waals surface area contributed by atoms with E-state index in [1.54, 1.807) is 0 Å². The number of hydrogen-bond donors (Lipinski definition) is 1. The first-order valence-electron chi connectivity index (χ1n) is 11.5. The van der Waals surface area contributed by atoms with E-state index < -0.39 is 5.41 Å². The predicted molar refractivity (Wildman–Crippen MR) is 136 cm³/mol. The fourth-order valence-corrected chi connectivity index (χ4v) is 4.08. The Morgan fingerprint density at radius 2 is 1.56 bits per heavy atom. The van der Waals surface area contributed by atoms with Crippen LogP contribution in [0.2, 0.25) is 5.02 Å². The number of nitrogens with zero attached hydrogens (tertiary/aromatic N) is 1. The Labute approximate surface area is 221 Å². The van der Waals surface area contributed by atoms with Crippen LogP contribution >= 0.6 is 24.0 Å². The highest BCUT2D eigenvalue weighted by molar-refractivity contribution is 6.30. The van der Waals surface area contributed by atoms with Crippen LogP contribution in [0.25, 0.3) is 11.1 Å². The van der Waals surface area contributed by atoms with Crippen molar-refractivity contribution in [2.75, 3.05) is 39.5 Å². The predicted octanol–water partition coefficient (Wildman–Crippen LogP) is 2.44. The average molecular weight is 532 g/mol. The zero-order valence-electron chi connectivity index (χ0n) is 20.1. The zero-order valence-corrected chi connectivity index (χ0v) is 22.4. The first-order chi connectivity index (χ1) is 15.3. The van der Waals surface area contributed by atoms with E-state index in [4.69, 9.17) is 26.8 Å². The molecule has 0 unspecified atom stereocenters. The minimum atomic E-state index is -0.644. The zero-order chi connectivity index (χ0) is 23.0. The fourth-order valence-electron chi connectivity index (χ4n) is 3.96. The fraction of sp³-hybridized carbons (Fsp3) is 0.500. The Bertz CT molecular complexity index is 868. The first-order valence-corrected chi connectivity index (χ1v) is 11.9. The maximum atomic E-state index is 12.4. The summed E-state index contributed by atoms with van der Waals surface area (Å²) in [6, 6.07) is 16.3. The average Bonchev–Trinajstić information content (AvgIpc) is 2.82. The van der Waals surface area contributed by atoms with Gasteiger partial charge in [-0.25, -0.2) is 0 Å². The third-order valence-corrected chi connectivity index (χ3v) is 6.66. The normalized spacial score (nSPS) is 15.1. The summed E-state index contributed by atoms with van der Waals surface area (Å²) in [6.07, 6.45) is 3.55. The molecule has 0 bridgehead atoms. The van der Waals surface area contributed by atoms with Crippen molar-refractivity contribution in [3.05, 3.63) is 59.1 Å². The molecule has 2 aromatic carbocycles. The molecule has 0 spiro atoms. The van der Waals surface area contributed by atoms with Crippen molar-refractivity contribution in [1.82, 2.24) is 0 Å². The smallest absolute Gasteiger partial charge is 0.317 e. The lowest BCUT2D eigenvalue weighted by Gasteiger charge is -2.41. The monoisotopic (exact) mass is 530 g/mol. The molecule has 0 saturated carbocycles. The number of nitrogens with two attached hydrogens (primary N) is 1. The summed E-state index contributed by atoms with van der Waals surface area (Å²) in [5, 5.41) is 0.741. The molecule has 0 aliphatic carbocycles. The molecule has 0 atom stereocenters. The van der Waals surface area contributed by atoms with Gasteiger partial charge in [0.25, 0.3) is 0 Å². The van der Waals surface area contributed by atoms with Gasteiger partial charge in [-0.05, 0) is 61.9 Å². The molecule has 1 heterocycles. The number of quaternary nitrogens is 1. The SMILES string of the molecule is CC(C)(CN)C(=O)OC[N+]1(CCOCc2ccc(-c3ccc(Cl)cc3)cc2)CCCCC1.Cl.[Cl-]. The van der Waals surface area contributed by atoms with Crippen molar-refractivity contribution in [3.63, 3.8) is 0 Å². The van der Waals surface area contributed by atoms with Crippen LogP contribution in [0.3, 0.4) is 0 Å². The molecular formula is C26H37Cl3N2O3. The lowest BCUT2D eigenvalue weighted by Crippen LogP contribution is -3.00. The van der Waals surface area contributed by atoms with Gasteiger partial charge in [0.05, 0.1) is 31.7 Å². The lowest BCUT2D eigenvalue weighted by atomic mass is 9.94. The second kappa shape index (κ2) is 14.3. The Kier molecular flexibility index (Phi) is 12.9. The third-order valence-electron chi connectivity index (χ3n) is 6.41. The van der Waals surface area contributed by atoms with E-state index in [1.165, 1.54) is 6.42 Å². The van der Waals surface area contributed by atoms with Crippen LogP contribution in [0.1, 0.15) is 38.7 Å². The minimum Gasteiger partial charge on any atom is -1.00 e. The molecule has 34 heavy (non-hydrogen) atoms. The van der Waals surface area contributed by atoms with Gasteiger partial charge in [-0.1, -0.05) is 48.0 Å². The number of piperidine rings is 1. The van der Waals surface area contributed by atoms with E-state index in [2.05, 4.69) is 24.3 Å². The van der Waals surface area contributed by atoms with Crippen molar-refractivity contribution in [2.24, 2.45) is 11.1 Å². The highest BCUT2D eigenvalue weighted by atomic mass is 35.5. The summed E-state index contributed by atoms with van der Waals surface area (Å²) in [4.78, 5) is 12.4. The molecule has 1 fully saturated rings. The van der Waals surface area contributed by atoms with Gasteiger partial charge in [-0.2, -0.15) is 0 Å². The highest BCUT2D eigenvalue weighted by Gasteiger charge is 2.34. The molecule has 8 heteroatoms. The molecule has 1 aliphatic rings.